The van der Waals surface area contributed by atoms with Crippen LogP contribution < -0.4 is 9.47 Å². The van der Waals surface area contributed by atoms with Crippen molar-refractivity contribution in [3.63, 3.8) is 0 Å². The van der Waals surface area contributed by atoms with E-state index in [2.05, 4.69) is 0 Å². The smallest absolute Gasteiger partial charge is 0.197 e. The zero-order valence-electron chi connectivity index (χ0n) is 12.3. The summed E-state index contributed by atoms with van der Waals surface area (Å²) >= 11 is 1.05. The van der Waals surface area contributed by atoms with Gasteiger partial charge >= 0.3 is 0 Å². The highest BCUT2D eigenvalue weighted by Gasteiger charge is 2.21. The van der Waals surface area contributed by atoms with Gasteiger partial charge in [0.15, 0.2) is 31.5 Å². The molecule has 0 radical (unpaired) electrons. The number of thiophene rings is 1. The number of hydrogen-bond donors (Lipinski definition) is 3. The number of aliphatic hydroxyl groups is 1. The van der Waals surface area contributed by atoms with Crippen LogP contribution in [0.15, 0.2) is 12.1 Å². The Morgan fingerprint density at radius 3 is 2.74 bits per heavy atom. The fourth-order valence-electron chi connectivity index (χ4n) is 1.97. The number of aliphatic hydroxyl groups excluding tert-OH is 1. The van der Waals surface area contributed by atoms with Gasteiger partial charge in [0.1, 0.15) is 0 Å². The van der Waals surface area contributed by atoms with E-state index in [1.165, 1.54) is 13.2 Å². The molecule has 1 aromatic heterocycles. The molecule has 0 aliphatic rings. The van der Waals surface area contributed by atoms with Crippen molar-refractivity contribution in [3.05, 3.63) is 22.8 Å². The number of hydrogen-bond acceptors (Lipinski definition) is 7. The van der Waals surface area contributed by atoms with Gasteiger partial charge in [-0.25, -0.2) is 4.39 Å². The predicted molar refractivity (Wildman–Crippen MR) is 86.1 cm³/mol. The minimum atomic E-state index is -2.34. The fraction of sp³-hybridized carbons (Fsp3) is 0.357. The van der Waals surface area contributed by atoms with Crippen molar-refractivity contribution in [2.24, 2.45) is 0 Å². The Kier molecular flexibility index (Phi) is 6.26. The molecule has 3 N–H and O–H groups in total. The lowest BCUT2D eigenvalue weighted by molar-refractivity contribution is 0.102. The number of benzene rings is 1. The number of methoxy groups -OCH3 is 1. The molecule has 126 valence electrons. The minimum Gasteiger partial charge on any atom is -0.493 e. The SMILES string of the molecule is COc1cc2sc(C(=O)CP(O)O)cc2c(F)c1OCCCO. The minimum absolute atomic E-state index is 0.0724. The number of ether oxygens (including phenoxy) is 2. The maximum Gasteiger partial charge on any atom is 0.197 e. The first-order valence-corrected chi connectivity index (χ1v) is 8.95. The van der Waals surface area contributed by atoms with Gasteiger partial charge in [0.25, 0.3) is 0 Å². The van der Waals surface area contributed by atoms with Gasteiger partial charge < -0.3 is 24.4 Å². The van der Waals surface area contributed by atoms with Gasteiger partial charge in [-0.15, -0.1) is 11.3 Å². The molecular formula is C14H16FO6PS. The number of ketones is 1. The van der Waals surface area contributed by atoms with Crippen LogP contribution in [0.25, 0.3) is 10.1 Å². The van der Waals surface area contributed by atoms with Crippen molar-refractivity contribution in [2.45, 2.75) is 6.42 Å². The van der Waals surface area contributed by atoms with Crippen LogP contribution in [0, 0.1) is 5.82 Å². The summed E-state index contributed by atoms with van der Waals surface area (Å²) in [4.78, 5) is 30.0. The van der Waals surface area contributed by atoms with E-state index in [1.807, 2.05) is 0 Å². The van der Waals surface area contributed by atoms with Crippen LogP contribution in [0.3, 0.4) is 0 Å². The topological polar surface area (TPSA) is 96.2 Å². The van der Waals surface area contributed by atoms with Crippen LogP contribution in [0.5, 0.6) is 11.5 Å². The molecule has 0 atom stereocenters. The molecule has 1 aromatic carbocycles. The molecule has 2 aromatic rings. The lowest BCUT2D eigenvalue weighted by atomic mass is 10.2. The second kappa shape index (κ2) is 7.99. The number of carbonyl (C=O) groups excluding carboxylic acids is 1. The molecule has 0 spiro atoms. The standard InChI is InChI=1S/C14H16FO6PS/c1-20-10-6-11-8(13(15)14(10)21-4-2-3-16)5-12(23-11)9(17)7-22(18)19/h5-6,16,18-19H,2-4,7H2,1H3. The Morgan fingerprint density at radius 2 is 2.13 bits per heavy atom. The zero-order valence-corrected chi connectivity index (χ0v) is 14.0. The lowest BCUT2D eigenvalue weighted by Crippen LogP contribution is -2.03. The number of carbonyl (C=O) groups is 1. The molecule has 0 saturated carbocycles. The maximum absolute atomic E-state index is 14.6. The van der Waals surface area contributed by atoms with Crippen LogP contribution in [-0.4, -0.2) is 47.2 Å². The first kappa shape index (κ1) is 18.0. The Balaban J connectivity index is 2.41. The Hall–Kier alpha value is -1.31. The number of rotatable bonds is 8. The molecule has 2 rings (SSSR count). The third-order valence-electron chi connectivity index (χ3n) is 3.01. The van der Waals surface area contributed by atoms with E-state index < -0.39 is 20.0 Å². The first-order valence-electron chi connectivity index (χ1n) is 6.70. The molecule has 23 heavy (non-hydrogen) atoms. The van der Waals surface area contributed by atoms with Crippen LogP contribution in [0.2, 0.25) is 0 Å². The van der Waals surface area contributed by atoms with E-state index >= 15 is 0 Å². The van der Waals surface area contributed by atoms with E-state index in [9.17, 15) is 9.18 Å². The fourth-order valence-corrected chi connectivity index (χ4v) is 3.53. The van der Waals surface area contributed by atoms with Crippen molar-refractivity contribution in [2.75, 3.05) is 26.5 Å². The van der Waals surface area contributed by atoms with Crippen molar-refractivity contribution in [1.82, 2.24) is 0 Å². The zero-order chi connectivity index (χ0) is 17.0. The Morgan fingerprint density at radius 1 is 1.39 bits per heavy atom. The number of halogens is 1. The normalized spacial score (nSPS) is 11.2. The van der Waals surface area contributed by atoms with Gasteiger partial charge in [-0.1, -0.05) is 0 Å². The van der Waals surface area contributed by atoms with Gasteiger partial charge in [0, 0.05) is 29.2 Å². The second-order valence-electron chi connectivity index (χ2n) is 4.62. The highest BCUT2D eigenvalue weighted by atomic mass is 32.1. The van der Waals surface area contributed by atoms with Crippen LogP contribution in [0.4, 0.5) is 4.39 Å². The largest absolute Gasteiger partial charge is 0.493 e. The second-order valence-corrected chi connectivity index (χ2v) is 6.77. The number of fused-ring (bicyclic) bond motifs is 1. The van der Waals surface area contributed by atoms with Crippen molar-refractivity contribution < 1.29 is 33.6 Å². The highest BCUT2D eigenvalue weighted by molar-refractivity contribution is 7.46. The monoisotopic (exact) mass is 362 g/mol. The maximum atomic E-state index is 14.6. The average Bonchev–Trinajstić information content (AvgIpc) is 2.93. The quantitative estimate of drug-likeness (QED) is 0.379. The van der Waals surface area contributed by atoms with Gasteiger partial charge in [-0.2, -0.15) is 0 Å². The molecule has 0 amide bonds. The van der Waals surface area contributed by atoms with E-state index in [0.29, 0.717) is 11.1 Å². The lowest BCUT2D eigenvalue weighted by Gasteiger charge is -2.11. The third kappa shape index (κ3) is 4.16. The molecule has 1 heterocycles. The summed E-state index contributed by atoms with van der Waals surface area (Å²) in [5.74, 6) is -0.983. The van der Waals surface area contributed by atoms with E-state index in [0.717, 1.165) is 11.3 Å². The Labute approximate surface area is 137 Å². The average molecular weight is 362 g/mol. The summed E-state index contributed by atoms with van der Waals surface area (Å²) in [5, 5.41) is 8.97. The van der Waals surface area contributed by atoms with Gasteiger partial charge in [-0.3, -0.25) is 4.79 Å². The summed E-state index contributed by atoms with van der Waals surface area (Å²) in [5.41, 5.74) is 0. The van der Waals surface area contributed by atoms with Crippen LogP contribution in [-0.2, 0) is 0 Å². The van der Waals surface area contributed by atoms with Gasteiger partial charge in [-0.05, 0) is 6.07 Å². The van der Waals surface area contributed by atoms with Crippen molar-refractivity contribution >= 4 is 35.6 Å². The molecule has 0 fully saturated rings. The summed E-state index contributed by atoms with van der Waals surface area (Å²) in [7, 11) is -0.957. The van der Waals surface area contributed by atoms with Crippen LogP contribution in [0.1, 0.15) is 16.1 Å². The molecular weight excluding hydrogens is 346 g/mol. The van der Waals surface area contributed by atoms with E-state index in [1.54, 1.807) is 6.07 Å². The first-order chi connectivity index (χ1) is 11.0. The van der Waals surface area contributed by atoms with Crippen molar-refractivity contribution in [3.8, 4) is 11.5 Å². The summed E-state index contributed by atoms with van der Waals surface area (Å²) in [6.07, 6.45) is -0.0364. The number of Topliss-reactive ketones (excluding diaryl/α,β-unsaturated/α-hetero) is 1. The molecule has 0 saturated heterocycles. The van der Waals surface area contributed by atoms with Gasteiger partial charge in [0.05, 0.1) is 24.8 Å². The molecule has 0 aliphatic carbocycles. The summed E-state index contributed by atoms with van der Waals surface area (Å²) < 4.78 is 25.6. The predicted octanol–water partition coefficient (Wildman–Crippen LogP) is 2.29. The Bertz CT molecular complexity index is 702. The summed E-state index contributed by atoms with van der Waals surface area (Å²) in [6, 6.07) is 2.93. The third-order valence-corrected chi connectivity index (χ3v) is 4.70. The van der Waals surface area contributed by atoms with E-state index in [-0.39, 0.29) is 41.1 Å². The van der Waals surface area contributed by atoms with E-state index in [4.69, 9.17) is 24.4 Å². The van der Waals surface area contributed by atoms with Gasteiger partial charge in [0.2, 0.25) is 0 Å². The molecule has 9 heteroatoms. The van der Waals surface area contributed by atoms with Crippen LogP contribution >= 0.6 is 19.7 Å². The molecule has 0 aliphatic heterocycles. The molecule has 0 bridgehead atoms. The molecule has 0 unspecified atom stereocenters. The van der Waals surface area contributed by atoms with Crippen molar-refractivity contribution in [1.29, 1.82) is 0 Å². The molecule has 6 nitrogen and oxygen atoms in total. The highest BCUT2D eigenvalue weighted by Crippen LogP contribution is 2.40. The summed E-state index contributed by atoms with van der Waals surface area (Å²) in [6.45, 7) is 0.0547.